The summed E-state index contributed by atoms with van der Waals surface area (Å²) in [7, 11) is 0. The third-order valence-corrected chi connectivity index (χ3v) is 5.56. The summed E-state index contributed by atoms with van der Waals surface area (Å²) in [5.41, 5.74) is 4.32. The van der Waals surface area contributed by atoms with E-state index >= 15 is 0 Å². The Balaban J connectivity index is 1.80. The minimum atomic E-state index is -0.280. The minimum absolute atomic E-state index is 0.280. The Kier molecular flexibility index (Phi) is 7.82. The fraction of sp³-hybridized carbons (Fsp3) is 0.360. The van der Waals surface area contributed by atoms with Gasteiger partial charge in [0.1, 0.15) is 0 Å². The lowest BCUT2D eigenvalue weighted by atomic mass is 10.0. The number of nitrogens with zero attached hydrogens (tertiary/aromatic N) is 1. The number of aromatic nitrogens is 1. The first-order valence-electron chi connectivity index (χ1n) is 10.4. The molecule has 29 heavy (non-hydrogen) atoms. The van der Waals surface area contributed by atoms with Gasteiger partial charge in [-0.15, -0.1) is 0 Å². The molecule has 0 aliphatic heterocycles. The smallest absolute Gasteiger partial charge is 0.338 e. The van der Waals surface area contributed by atoms with Gasteiger partial charge in [-0.3, -0.25) is 0 Å². The number of rotatable bonds is 9. The number of hydrogen-bond donors (Lipinski definition) is 0. The van der Waals surface area contributed by atoms with E-state index in [1.807, 2.05) is 36.4 Å². The number of fused-ring (bicyclic) bond motifs is 1. The average molecular weight is 454 g/mol. The Hall–Kier alpha value is -2.20. The van der Waals surface area contributed by atoms with E-state index < -0.39 is 0 Å². The van der Waals surface area contributed by atoms with Crippen molar-refractivity contribution in [3.63, 3.8) is 0 Å². The molecule has 0 N–H and O–H groups in total. The Bertz CT molecular complexity index is 966. The van der Waals surface area contributed by atoms with Crippen molar-refractivity contribution in [1.82, 2.24) is 4.98 Å². The fourth-order valence-electron chi connectivity index (χ4n) is 3.36. The van der Waals surface area contributed by atoms with Gasteiger partial charge in [-0.1, -0.05) is 84.8 Å². The molecule has 4 heteroatoms. The molecule has 0 aliphatic rings. The molecule has 0 saturated heterocycles. The van der Waals surface area contributed by atoms with Crippen LogP contribution in [0.15, 0.2) is 53.0 Å². The van der Waals surface area contributed by atoms with Gasteiger partial charge in [0.25, 0.3) is 0 Å². The van der Waals surface area contributed by atoms with E-state index in [1.165, 1.54) is 31.2 Å². The second-order valence-electron chi connectivity index (χ2n) is 7.49. The Morgan fingerprint density at radius 2 is 1.69 bits per heavy atom. The predicted molar refractivity (Wildman–Crippen MR) is 123 cm³/mol. The highest BCUT2D eigenvalue weighted by Crippen LogP contribution is 2.28. The zero-order valence-electron chi connectivity index (χ0n) is 17.2. The largest absolute Gasteiger partial charge is 0.462 e. The van der Waals surface area contributed by atoms with E-state index in [0.29, 0.717) is 12.2 Å². The number of carbonyl (C=O) groups is 1. The molecule has 0 bridgehead atoms. The van der Waals surface area contributed by atoms with Crippen LogP contribution < -0.4 is 0 Å². The van der Waals surface area contributed by atoms with Crippen molar-refractivity contribution in [2.45, 2.75) is 52.4 Å². The van der Waals surface area contributed by atoms with Gasteiger partial charge in [-0.2, -0.15) is 0 Å². The van der Waals surface area contributed by atoms with E-state index in [9.17, 15) is 4.79 Å². The van der Waals surface area contributed by atoms with E-state index in [2.05, 4.69) is 41.9 Å². The molecular formula is C25H28BrNO2. The lowest BCUT2D eigenvalue weighted by molar-refractivity contribution is 0.0500. The fourth-order valence-corrected chi connectivity index (χ4v) is 3.73. The SMILES string of the molecule is CCCCCCCCOC(=O)c1cc(-c2ccc(C)cc2)nc2ccc(Br)cc12. The summed E-state index contributed by atoms with van der Waals surface area (Å²) in [4.78, 5) is 17.6. The average Bonchev–Trinajstić information content (AvgIpc) is 2.72. The summed E-state index contributed by atoms with van der Waals surface area (Å²) in [6, 6.07) is 15.8. The van der Waals surface area contributed by atoms with Gasteiger partial charge in [0.2, 0.25) is 0 Å². The number of unbranched alkanes of at least 4 members (excludes halogenated alkanes) is 5. The second kappa shape index (κ2) is 10.5. The molecule has 152 valence electrons. The van der Waals surface area contributed by atoms with E-state index in [0.717, 1.165) is 39.5 Å². The zero-order valence-corrected chi connectivity index (χ0v) is 18.8. The van der Waals surface area contributed by atoms with Crippen LogP contribution in [0.25, 0.3) is 22.2 Å². The first-order chi connectivity index (χ1) is 14.1. The van der Waals surface area contributed by atoms with Crippen LogP contribution in [-0.2, 0) is 4.74 Å². The van der Waals surface area contributed by atoms with Gasteiger partial charge < -0.3 is 4.74 Å². The Morgan fingerprint density at radius 1 is 0.966 bits per heavy atom. The van der Waals surface area contributed by atoms with E-state index in [1.54, 1.807) is 0 Å². The molecule has 0 unspecified atom stereocenters. The topological polar surface area (TPSA) is 39.2 Å². The van der Waals surface area contributed by atoms with E-state index in [-0.39, 0.29) is 5.97 Å². The molecule has 0 spiro atoms. The number of esters is 1. The van der Waals surface area contributed by atoms with Gasteiger partial charge in [0, 0.05) is 15.4 Å². The van der Waals surface area contributed by atoms with Crippen molar-refractivity contribution in [3.05, 3.63) is 64.1 Å². The molecule has 0 aliphatic carbocycles. The molecule has 0 fully saturated rings. The number of halogens is 1. The highest BCUT2D eigenvalue weighted by molar-refractivity contribution is 9.10. The number of pyridine rings is 1. The summed E-state index contributed by atoms with van der Waals surface area (Å²) in [6.45, 7) is 4.73. The first-order valence-corrected chi connectivity index (χ1v) is 11.2. The molecular weight excluding hydrogens is 426 g/mol. The lowest BCUT2D eigenvalue weighted by Gasteiger charge is -2.11. The van der Waals surface area contributed by atoms with Crippen LogP contribution in [0.5, 0.6) is 0 Å². The number of benzene rings is 2. The quantitative estimate of drug-likeness (QED) is 0.248. The molecule has 1 heterocycles. The lowest BCUT2D eigenvalue weighted by Crippen LogP contribution is -2.08. The van der Waals surface area contributed by atoms with Crippen molar-refractivity contribution >= 4 is 32.8 Å². The van der Waals surface area contributed by atoms with Crippen LogP contribution >= 0.6 is 15.9 Å². The van der Waals surface area contributed by atoms with Crippen LogP contribution in [0.3, 0.4) is 0 Å². The van der Waals surface area contributed by atoms with Gasteiger partial charge in [-0.25, -0.2) is 9.78 Å². The minimum Gasteiger partial charge on any atom is -0.462 e. The van der Waals surface area contributed by atoms with Crippen molar-refractivity contribution < 1.29 is 9.53 Å². The van der Waals surface area contributed by atoms with Crippen molar-refractivity contribution in [2.75, 3.05) is 6.61 Å². The summed E-state index contributed by atoms with van der Waals surface area (Å²) in [5, 5.41) is 0.809. The van der Waals surface area contributed by atoms with Crippen LogP contribution in [0.1, 0.15) is 61.4 Å². The number of aryl methyl sites for hydroxylation is 1. The maximum absolute atomic E-state index is 12.9. The Labute approximate surface area is 181 Å². The summed E-state index contributed by atoms with van der Waals surface area (Å²) in [5.74, 6) is -0.280. The summed E-state index contributed by atoms with van der Waals surface area (Å²) in [6.07, 6.45) is 6.99. The van der Waals surface area contributed by atoms with Crippen LogP contribution in [0.2, 0.25) is 0 Å². The third-order valence-electron chi connectivity index (χ3n) is 5.07. The van der Waals surface area contributed by atoms with Gasteiger partial charge in [0.15, 0.2) is 0 Å². The highest BCUT2D eigenvalue weighted by atomic mass is 79.9. The molecule has 3 nitrogen and oxygen atoms in total. The normalized spacial score (nSPS) is 11.0. The Morgan fingerprint density at radius 3 is 2.45 bits per heavy atom. The molecule has 0 amide bonds. The predicted octanol–water partition coefficient (Wildman–Crippen LogP) is 7.49. The number of ether oxygens (including phenoxy) is 1. The zero-order chi connectivity index (χ0) is 20.6. The molecule has 3 aromatic rings. The summed E-state index contributed by atoms with van der Waals surface area (Å²) < 4.78 is 6.53. The molecule has 1 aromatic heterocycles. The number of carbonyl (C=O) groups excluding carboxylic acids is 1. The first kappa shape index (κ1) is 21.5. The summed E-state index contributed by atoms with van der Waals surface area (Å²) >= 11 is 3.50. The van der Waals surface area contributed by atoms with Gasteiger partial charge in [0.05, 0.1) is 23.4 Å². The third kappa shape index (κ3) is 5.89. The standard InChI is InChI=1S/C25H28BrNO2/c1-3-4-5-6-7-8-15-29-25(28)22-17-24(19-11-9-18(2)10-12-19)27-23-14-13-20(26)16-21(22)23/h9-14,16-17H,3-8,15H2,1-2H3. The van der Waals surface area contributed by atoms with Crippen LogP contribution in [-0.4, -0.2) is 17.6 Å². The van der Waals surface area contributed by atoms with Crippen molar-refractivity contribution in [3.8, 4) is 11.3 Å². The molecule has 0 saturated carbocycles. The monoisotopic (exact) mass is 453 g/mol. The van der Waals surface area contributed by atoms with Gasteiger partial charge >= 0.3 is 5.97 Å². The molecule has 3 rings (SSSR count). The molecule has 0 radical (unpaired) electrons. The van der Waals surface area contributed by atoms with Crippen molar-refractivity contribution in [1.29, 1.82) is 0 Å². The van der Waals surface area contributed by atoms with Gasteiger partial charge in [-0.05, 0) is 37.6 Å². The second-order valence-corrected chi connectivity index (χ2v) is 8.40. The van der Waals surface area contributed by atoms with Crippen molar-refractivity contribution in [2.24, 2.45) is 0 Å². The maximum atomic E-state index is 12.9. The maximum Gasteiger partial charge on any atom is 0.338 e. The molecule has 0 atom stereocenters. The van der Waals surface area contributed by atoms with Crippen LogP contribution in [0, 0.1) is 6.92 Å². The van der Waals surface area contributed by atoms with Crippen LogP contribution in [0.4, 0.5) is 0 Å². The highest BCUT2D eigenvalue weighted by Gasteiger charge is 2.16. The van der Waals surface area contributed by atoms with E-state index in [4.69, 9.17) is 9.72 Å². The molecule has 2 aromatic carbocycles. The number of hydrogen-bond acceptors (Lipinski definition) is 3.